The maximum atomic E-state index is 3.70. The Morgan fingerprint density at radius 1 is 1.12 bits per heavy atom. The number of rotatable bonds is 3. The summed E-state index contributed by atoms with van der Waals surface area (Å²) in [7, 11) is 0. The van der Waals surface area contributed by atoms with E-state index in [4.69, 9.17) is 0 Å². The van der Waals surface area contributed by atoms with Crippen LogP contribution in [0.15, 0.2) is 16.6 Å². The van der Waals surface area contributed by atoms with E-state index in [2.05, 4.69) is 47.2 Å². The lowest BCUT2D eigenvalue weighted by molar-refractivity contribution is 0.372. The summed E-state index contributed by atoms with van der Waals surface area (Å²) in [4.78, 5) is 0. The average Bonchev–Trinajstić information content (AvgIpc) is 2.34. The van der Waals surface area contributed by atoms with Crippen molar-refractivity contribution in [3.63, 3.8) is 0 Å². The van der Waals surface area contributed by atoms with Gasteiger partial charge in [0.15, 0.2) is 0 Å². The highest BCUT2D eigenvalue weighted by atomic mass is 79.9. The SMILES string of the molecule is Cc1cc(CNC2CCCCC2)cc(C)c1Br. The third kappa shape index (κ3) is 3.56. The molecule has 0 aliphatic heterocycles. The molecule has 1 N–H and O–H groups in total. The van der Waals surface area contributed by atoms with Crippen LogP contribution in [-0.4, -0.2) is 6.04 Å². The molecule has 1 saturated carbocycles. The molecule has 0 bridgehead atoms. The van der Waals surface area contributed by atoms with Crippen LogP contribution in [0.5, 0.6) is 0 Å². The molecule has 1 fully saturated rings. The quantitative estimate of drug-likeness (QED) is 0.866. The van der Waals surface area contributed by atoms with E-state index >= 15 is 0 Å². The molecule has 0 saturated heterocycles. The van der Waals surface area contributed by atoms with Gasteiger partial charge in [-0.3, -0.25) is 0 Å². The standard InChI is InChI=1S/C15H22BrN/c1-11-8-13(9-12(2)15(11)16)10-17-14-6-4-3-5-7-14/h8-9,14,17H,3-7,10H2,1-2H3. The van der Waals surface area contributed by atoms with Crippen molar-refractivity contribution in [1.29, 1.82) is 0 Å². The molecule has 1 aliphatic rings. The summed E-state index contributed by atoms with van der Waals surface area (Å²) in [6.07, 6.45) is 6.93. The monoisotopic (exact) mass is 295 g/mol. The van der Waals surface area contributed by atoms with Crippen LogP contribution in [0.1, 0.15) is 48.8 Å². The third-order valence-corrected chi connectivity index (χ3v) is 4.95. The summed E-state index contributed by atoms with van der Waals surface area (Å²) in [5, 5.41) is 3.70. The number of hydrogen-bond donors (Lipinski definition) is 1. The Labute approximate surface area is 113 Å². The molecule has 0 unspecified atom stereocenters. The Kier molecular flexibility index (Phi) is 4.63. The number of hydrogen-bond acceptors (Lipinski definition) is 1. The molecule has 2 heteroatoms. The number of halogens is 1. The molecular weight excluding hydrogens is 274 g/mol. The highest BCUT2D eigenvalue weighted by Gasteiger charge is 2.12. The van der Waals surface area contributed by atoms with Gasteiger partial charge in [0.05, 0.1) is 0 Å². The molecule has 0 spiro atoms. The third-order valence-electron chi connectivity index (χ3n) is 3.70. The highest BCUT2D eigenvalue weighted by Crippen LogP contribution is 2.23. The lowest BCUT2D eigenvalue weighted by Gasteiger charge is -2.23. The van der Waals surface area contributed by atoms with E-state index in [0.717, 1.165) is 12.6 Å². The molecular formula is C15H22BrN. The van der Waals surface area contributed by atoms with E-state index in [1.165, 1.54) is 53.3 Å². The van der Waals surface area contributed by atoms with Gasteiger partial charge in [0.25, 0.3) is 0 Å². The zero-order chi connectivity index (χ0) is 12.3. The second kappa shape index (κ2) is 6.01. The second-order valence-corrected chi connectivity index (χ2v) is 6.05. The first-order valence-electron chi connectivity index (χ1n) is 6.66. The van der Waals surface area contributed by atoms with Gasteiger partial charge in [-0.25, -0.2) is 0 Å². The zero-order valence-electron chi connectivity index (χ0n) is 10.9. The molecule has 1 aromatic carbocycles. The Morgan fingerprint density at radius 2 is 1.71 bits per heavy atom. The van der Waals surface area contributed by atoms with E-state index in [0.29, 0.717) is 0 Å². The average molecular weight is 296 g/mol. The van der Waals surface area contributed by atoms with Crippen LogP contribution in [0.25, 0.3) is 0 Å². The van der Waals surface area contributed by atoms with Crippen molar-refractivity contribution in [2.24, 2.45) is 0 Å². The Bertz CT molecular complexity index is 358. The van der Waals surface area contributed by atoms with Crippen molar-refractivity contribution >= 4 is 15.9 Å². The fourth-order valence-electron chi connectivity index (χ4n) is 2.71. The minimum atomic E-state index is 0.744. The number of aryl methyl sites for hydroxylation is 2. The van der Waals surface area contributed by atoms with Gasteiger partial charge in [0.2, 0.25) is 0 Å². The number of nitrogens with one attached hydrogen (secondary N) is 1. The van der Waals surface area contributed by atoms with E-state index in [9.17, 15) is 0 Å². The summed E-state index contributed by atoms with van der Waals surface area (Å²) in [6.45, 7) is 5.35. The van der Waals surface area contributed by atoms with E-state index in [-0.39, 0.29) is 0 Å². The number of benzene rings is 1. The van der Waals surface area contributed by atoms with Crippen LogP contribution in [0, 0.1) is 13.8 Å². The van der Waals surface area contributed by atoms with Gasteiger partial charge in [-0.05, 0) is 43.4 Å². The first-order chi connectivity index (χ1) is 8.16. The van der Waals surface area contributed by atoms with Gasteiger partial charge in [0.1, 0.15) is 0 Å². The lowest BCUT2D eigenvalue weighted by atomic mass is 9.95. The van der Waals surface area contributed by atoms with Crippen LogP contribution in [-0.2, 0) is 6.54 Å². The summed E-state index contributed by atoms with van der Waals surface area (Å²) in [5.74, 6) is 0. The molecule has 17 heavy (non-hydrogen) atoms. The maximum absolute atomic E-state index is 3.70. The lowest BCUT2D eigenvalue weighted by Crippen LogP contribution is -2.30. The van der Waals surface area contributed by atoms with Crippen LogP contribution >= 0.6 is 15.9 Å². The smallest absolute Gasteiger partial charge is 0.0233 e. The van der Waals surface area contributed by atoms with Crippen LogP contribution in [0.4, 0.5) is 0 Å². The van der Waals surface area contributed by atoms with Crippen molar-refractivity contribution in [2.75, 3.05) is 0 Å². The van der Waals surface area contributed by atoms with Gasteiger partial charge in [-0.15, -0.1) is 0 Å². The summed E-state index contributed by atoms with van der Waals surface area (Å²) in [5.41, 5.74) is 4.09. The summed E-state index contributed by atoms with van der Waals surface area (Å²) >= 11 is 3.62. The van der Waals surface area contributed by atoms with Gasteiger partial charge in [-0.1, -0.05) is 47.3 Å². The van der Waals surface area contributed by atoms with Gasteiger partial charge in [-0.2, -0.15) is 0 Å². The minimum absolute atomic E-state index is 0.744. The van der Waals surface area contributed by atoms with Gasteiger partial charge in [0, 0.05) is 17.1 Å². The Balaban J connectivity index is 1.94. The molecule has 0 atom stereocenters. The molecule has 0 radical (unpaired) electrons. The maximum Gasteiger partial charge on any atom is 0.0233 e. The van der Waals surface area contributed by atoms with Crippen molar-refractivity contribution in [3.05, 3.63) is 33.3 Å². The molecule has 1 aromatic rings. The molecule has 1 aliphatic carbocycles. The summed E-state index contributed by atoms with van der Waals surface area (Å²) in [6, 6.07) is 5.31. The Hall–Kier alpha value is -0.340. The molecule has 2 rings (SSSR count). The topological polar surface area (TPSA) is 12.0 Å². The van der Waals surface area contributed by atoms with Crippen molar-refractivity contribution in [2.45, 2.75) is 58.5 Å². The minimum Gasteiger partial charge on any atom is -0.310 e. The normalized spacial score (nSPS) is 17.4. The highest BCUT2D eigenvalue weighted by molar-refractivity contribution is 9.10. The predicted molar refractivity (Wildman–Crippen MR) is 77.3 cm³/mol. The van der Waals surface area contributed by atoms with Gasteiger partial charge >= 0.3 is 0 Å². The van der Waals surface area contributed by atoms with Crippen molar-refractivity contribution in [3.8, 4) is 0 Å². The van der Waals surface area contributed by atoms with Crippen LogP contribution in [0.3, 0.4) is 0 Å². The molecule has 0 amide bonds. The van der Waals surface area contributed by atoms with Crippen molar-refractivity contribution in [1.82, 2.24) is 5.32 Å². The predicted octanol–water partition coefficient (Wildman–Crippen LogP) is 4.49. The first kappa shape index (κ1) is 13.1. The fraction of sp³-hybridized carbons (Fsp3) is 0.600. The van der Waals surface area contributed by atoms with E-state index < -0.39 is 0 Å². The van der Waals surface area contributed by atoms with Crippen molar-refractivity contribution < 1.29 is 0 Å². The fourth-order valence-corrected chi connectivity index (χ4v) is 2.94. The second-order valence-electron chi connectivity index (χ2n) is 5.26. The first-order valence-corrected chi connectivity index (χ1v) is 7.45. The Morgan fingerprint density at radius 3 is 2.29 bits per heavy atom. The summed E-state index contributed by atoms with van der Waals surface area (Å²) < 4.78 is 1.25. The zero-order valence-corrected chi connectivity index (χ0v) is 12.4. The molecule has 0 aromatic heterocycles. The van der Waals surface area contributed by atoms with Crippen LogP contribution in [0.2, 0.25) is 0 Å². The molecule has 1 nitrogen and oxygen atoms in total. The molecule has 0 heterocycles. The van der Waals surface area contributed by atoms with E-state index in [1.807, 2.05) is 0 Å². The van der Waals surface area contributed by atoms with E-state index in [1.54, 1.807) is 0 Å². The largest absolute Gasteiger partial charge is 0.310 e. The van der Waals surface area contributed by atoms with Crippen LogP contribution < -0.4 is 5.32 Å². The molecule has 94 valence electrons. The van der Waals surface area contributed by atoms with Gasteiger partial charge < -0.3 is 5.32 Å².